The van der Waals surface area contributed by atoms with Crippen molar-refractivity contribution in [3.8, 4) is 23.5 Å². The zero-order chi connectivity index (χ0) is 24.1. The Morgan fingerprint density at radius 1 is 1.06 bits per heavy atom. The van der Waals surface area contributed by atoms with E-state index >= 15 is 0 Å². The van der Waals surface area contributed by atoms with Gasteiger partial charge >= 0.3 is 12.1 Å². The van der Waals surface area contributed by atoms with E-state index in [4.69, 9.17) is 16.3 Å². The van der Waals surface area contributed by atoms with Gasteiger partial charge < -0.3 is 20.1 Å². The van der Waals surface area contributed by atoms with Crippen LogP contribution < -0.4 is 5.32 Å². The highest BCUT2D eigenvalue weighted by molar-refractivity contribution is 5.86. The number of rotatable bonds is 7. The lowest BCUT2D eigenvalue weighted by Crippen LogP contribution is -2.51. The molecule has 1 heterocycles. The Hall–Kier alpha value is -3.79. The number of benzene rings is 2. The molecular weight excluding hydrogens is 432 g/mol. The van der Waals surface area contributed by atoms with Crippen LogP contribution in [0.4, 0.5) is 4.79 Å². The number of terminal acetylenes is 1. The maximum Gasteiger partial charge on any atom is 0.407 e. The minimum atomic E-state index is -0.878. The number of carboxylic acid groups (broad SMARTS) is 1. The third-order valence-electron chi connectivity index (χ3n) is 6.65. The number of aliphatic carboxylic acids is 1. The first-order valence-electron chi connectivity index (χ1n) is 11.5. The minimum absolute atomic E-state index is 0.0537. The van der Waals surface area contributed by atoms with Crippen molar-refractivity contribution in [3.63, 3.8) is 0 Å². The normalized spacial score (nSPS) is 16.1. The van der Waals surface area contributed by atoms with Crippen LogP contribution in [0.1, 0.15) is 42.7 Å². The summed E-state index contributed by atoms with van der Waals surface area (Å²) in [5, 5.41) is 11.6. The van der Waals surface area contributed by atoms with Gasteiger partial charge in [-0.25, -0.2) is 4.79 Å². The van der Waals surface area contributed by atoms with Crippen LogP contribution in [0.25, 0.3) is 11.1 Å². The molecule has 0 saturated carbocycles. The molecule has 1 atom stereocenters. The van der Waals surface area contributed by atoms with Crippen LogP contribution in [-0.4, -0.2) is 53.7 Å². The fraction of sp³-hybridized carbons (Fsp3) is 0.370. The van der Waals surface area contributed by atoms with Gasteiger partial charge in [-0.2, -0.15) is 0 Å². The molecule has 34 heavy (non-hydrogen) atoms. The number of nitrogens with zero attached hydrogens (tertiary/aromatic N) is 1. The van der Waals surface area contributed by atoms with E-state index in [1.165, 1.54) is 0 Å². The van der Waals surface area contributed by atoms with Gasteiger partial charge in [-0.05, 0) is 41.0 Å². The Morgan fingerprint density at radius 3 is 2.21 bits per heavy atom. The van der Waals surface area contributed by atoms with Crippen molar-refractivity contribution in [2.24, 2.45) is 5.92 Å². The van der Waals surface area contributed by atoms with E-state index in [1.54, 1.807) is 4.90 Å². The topological polar surface area (TPSA) is 95.9 Å². The highest BCUT2D eigenvalue weighted by atomic mass is 16.5. The van der Waals surface area contributed by atoms with Crippen LogP contribution >= 0.6 is 0 Å². The highest BCUT2D eigenvalue weighted by Crippen LogP contribution is 2.44. The lowest BCUT2D eigenvalue weighted by Gasteiger charge is -2.33. The summed E-state index contributed by atoms with van der Waals surface area (Å²) in [5.74, 6) is 1.35. The van der Waals surface area contributed by atoms with Gasteiger partial charge in [0, 0.05) is 31.8 Å². The highest BCUT2D eigenvalue weighted by Gasteiger charge is 2.32. The van der Waals surface area contributed by atoms with E-state index in [9.17, 15) is 14.4 Å². The van der Waals surface area contributed by atoms with Gasteiger partial charge in [-0.1, -0.05) is 48.5 Å². The van der Waals surface area contributed by atoms with E-state index in [0.29, 0.717) is 25.9 Å². The number of hydrogen-bond acceptors (Lipinski definition) is 4. The summed E-state index contributed by atoms with van der Waals surface area (Å²) in [6.07, 6.45) is 6.16. The fourth-order valence-corrected chi connectivity index (χ4v) is 4.93. The Kier molecular flexibility index (Phi) is 7.17. The monoisotopic (exact) mass is 460 g/mol. The van der Waals surface area contributed by atoms with E-state index < -0.39 is 18.1 Å². The summed E-state index contributed by atoms with van der Waals surface area (Å²) < 4.78 is 5.56. The SMILES string of the molecule is C#CCC(NC(=O)OCC1c2ccccc2-c2ccccc21)C(=O)N1CCC(CC(=O)O)CC1. The predicted octanol–water partition coefficient (Wildman–Crippen LogP) is 3.63. The third kappa shape index (κ3) is 5.07. The zero-order valence-corrected chi connectivity index (χ0v) is 18.9. The molecule has 1 unspecified atom stereocenters. The molecule has 1 fully saturated rings. The number of carbonyl (C=O) groups excluding carboxylic acids is 2. The van der Waals surface area contributed by atoms with Gasteiger partial charge in [0.1, 0.15) is 12.6 Å². The minimum Gasteiger partial charge on any atom is -0.481 e. The number of amides is 2. The maximum absolute atomic E-state index is 13.0. The fourth-order valence-electron chi connectivity index (χ4n) is 4.93. The molecule has 4 rings (SSSR count). The number of hydrogen-bond donors (Lipinski definition) is 2. The first kappa shape index (κ1) is 23.4. The van der Waals surface area contributed by atoms with Crippen molar-refractivity contribution < 1.29 is 24.2 Å². The largest absolute Gasteiger partial charge is 0.481 e. The first-order chi connectivity index (χ1) is 16.5. The summed E-state index contributed by atoms with van der Waals surface area (Å²) in [4.78, 5) is 38.2. The molecule has 1 saturated heterocycles. The maximum atomic E-state index is 13.0. The molecule has 176 valence electrons. The standard InChI is InChI=1S/C27H28N2O5/c1-2-7-24(26(32)29-14-12-18(13-15-29)16-25(30)31)28-27(33)34-17-23-21-10-5-3-8-19(21)20-9-4-6-11-22(20)23/h1,3-6,8-11,18,23-24H,7,12-17H2,(H,28,33)(H,30,31). The van der Waals surface area contributed by atoms with Crippen LogP contribution in [-0.2, 0) is 14.3 Å². The molecular formula is C27H28N2O5. The van der Waals surface area contributed by atoms with Crippen LogP contribution in [0.15, 0.2) is 48.5 Å². The number of alkyl carbamates (subject to hydrolysis) is 1. The average molecular weight is 461 g/mol. The van der Waals surface area contributed by atoms with Crippen molar-refractivity contribution in [3.05, 3.63) is 59.7 Å². The second kappa shape index (κ2) is 10.4. The summed E-state index contributed by atoms with van der Waals surface area (Å²) in [5.41, 5.74) is 4.49. The molecule has 2 aromatic carbocycles. The first-order valence-corrected chi connectivity index (χ1v) is 11.5. The molecule has 0 spiro atoms. The number of likely N-dealkylation sites (tertiary alicyclic amines) is 1. The van der Waals surface area contributed by atoms with E-state index in [0.717, 1.165) is 22.3 Å². The number of fused-ring (bicyclic) bond motifs is 3. The average Bonchev–Trinajstić information content (AvgIpc) is 3.16. The number of ether oxygens (including phenoxy) is 1. The molecule has 0 bridgehead atoms. The van der Waals surface area contributed by atoms with Crippen molar-refractivity contribution in [1.29, 1.82) is 0 Å². The molecule has 1 aliphatic heterocycles. The van der Waals surface area contributed by atoms with Gasteiger partial charge in [0.2, 0.25) is 5.91 Å². The molecule has 2 aromatic rings. The summed E-state index contributed by atoms with van der Waals surface area (Å²) >= 11 is 0. The number of nitrogens with one attached hydrogen (secondary N) is 1. The molecule has 1 aliphatic carbocycles. The predicted molar refractivity (Wildman–Crippen MR) is 127 cm³/mol. The van der Waals surface area contributed by atoms with Gasteiger partial charge in [0.15, 0.2) is 0 Å². The number of carbonyl (C=O) groups is 3. The molecule has 2 N–H and O–H groups in total. The molecule has 7 heteroatoms. The number of piperidine rings is 1. The van der Waals surface area contributed by atoms with E-state index in [-0.39, 0.29) is 37.2 Å². The third-order valence-corrected chi connectivity index (χ3v) is 6.65. The summed E-state index contributed by atoms with van der Waals surface area (Å²) in [7, 11) is 0. The van der Waals surface area contributed by atoms with Crippen molar-refractivity contribution >= 4 is 18.0 Å². The van der Waals surface area contributed by atoms with Gasteiger partial charge in [0.05, 0.1) is 0 Å². The van der Waals surface area contributed by atoms with Gasteiger partial charge in [-0.15, -0.1) is 12.3 Å². The molecule has 0 radical (unpaired) electrons. The molecule has 2 aliphatic rings. The lowest BCUT2D eigenvalue weighted by molar-refractivity contribution is -0.139. The lowest BCUT2D eigenvalue weighted by atomic mass is 9.93. The van der Waals surface area contributed by atoms with Crippen LogP contribution in [0.2, 0.25) is 0 Å². The Balaban J connectivity index is 1.35. The van der Waals surface area contributed by atoms with Crippen LogP contribution in [0.3, 0.4) is 0 Å². The zero-order valence-electron chi connectivity index (χ0n) is 18.9. The van der Waals surface area contributed by atoms with Crippen LogP contribution in [0, 0.1) is 18.3 Å². The quantitative estimate of drug-likeness (QED) is 0.615. The smallest absolute Gasteiger partial charge is 0.407 e. The molecule has 7 nitrogen and oxygen atoms in total. The molecule has 2 amide bonds. The molecule has 0 aromatic heterocycles. The Morgan fingerprint density at radius 2 is 1.65 bits per heavy atom. The van der Waals surface area contributed by atoms with Crippen LogP contribution in [0.5, 0.6) is 0 Å². The van der Waals surface area contributed by atoms with Gasteiger partial charge in [0.25, 0.3) is 0 Å². The van der Waals surface area contributed by atoms with Crippen molar-refractivity contribution in [1.82, 2.24) is 10.2 Å². The van der Waals surface area contributed by atoms with E-state index in [1.807, 2.05) is 36.4 Å². The van der Waals surface area contributed by atoms with Crippen molar-refractivity contribution in [2.45, 2.75) is 37.6 Å². The Bertz CT molecular complexity index is 1070. The summed E-state index contributed by atoms with van der Waals surface area (Å²) in [6, 6.07) is 15.3. The van der Waals surface area contributed by atoms with E-state index in [2.05, 4.69) is 23.4 Å². The van der Waals surface area contributed by atoms with Crippen molar-refractivity contribution in [2.75, 3.05) is 19.7 Å². The van der Waals surface area contributed by atoms with Gasteiger partial charge in [-0.3, -0.25) is 9.59 Å². The summed E-state index contributed by atoms with van der Waals surface area (Å²) in [6.45, 7) is 1.05. The Labute approximate surface area is 199 Å². The number of carboxylic acids is 1. The second-order valence-corrected chi connectivity index (χ2v) is 8.80. The second-order valence-electron chi connectivity index (χ2n) is 8.80.